The molecule has 0 spiro atoms. The molecule has 0 N–H and O–H groups in total. The molecule has 0 radical (unpaired) electrons. The Morgan fingerprint density at radius 3 is 2.38 bits per heavy atom. The van der Waals surface area contributed by atoms with Crippen LogP contribution in [-0.2, 0) is 16.0 Å². The van der Waals surface area contributed by atoms with E-state index in [0.29, 0.717) is 17.9 Å². The summed E-state index contributed by atoms with van der Waals surface area (Å²) in [7, 11) is 1.49. The van der Waals surface area contributed by atoms with Gasteiger partial charge in [-0.05, 0) is 24.6 Å². The Morgan fingerprint density at radius 1 is 1.19 bits per heavy atom. The van der Waals surface area contributed by atoms with Gasteiger partial charge in [0, 0.05) is 13.3 Å². The minimum atomic E-state index is -0.405. The molecular formula is C12H14O4. The van der Waals surface area contributed by atoms with E-state index in [1.165, 1.54) is 21.0 Å². The van der Waals surface area contributed by atoms with Crippen LogP contribution < -0.4 is 9.47 Å². The Morgan fingerprint density at radius 2 is 1.88 bits per heavy atom. The average Bonchev–Trinajstić information content (AvgIpc) is 2.18. The SMILES string of the molecule is COc1cc(CC(C)=O)ccc1OC(C)=O. The lowest BCUT2D eigenvalue weighted by Crippen LogP contribution is -2.04. The van der Waals surface area contributed by atoms with E-state index in [1.807, 2.05) is 0 Å². The number of methoxy groups -OCH3 is 1. The van der Waals surface area contributed by atoms with Crippen molar-refractivity contribution in [2.24, 2.45) is 0 Å². The maximum Gasteiger partial charge on any atom is 0.308 e. The molecule has 1 aromatic rings. The van der Waals surface area contributed by atoms with E-state index in [9.17, 15) is 9.59 Å². The minimum absolute atomic E-state index is 0.0716. The molecule has 0 aromatic heterocycles. The summed E-state index contributed by atoms with van der Waals surface area (Å²) in [4.78, 5) is 21.8. The van der Waals surface area contributed by atoms with Crippen molar-refractivity contribution in [3.8, 4) is 11.5 Å². The van der Waals surface area contributed by atoms with Gasteiger partial charge in [-0.3, -0.25) is 9.59 Å². The van der Waals surface area contributed by atoms with Crippen molar-refractivity contribution >= 4 is 11.8 Å². The first-order chi connectivity index (χ1) is 7.52. The second-order valence-electron chi connectivity index (χ2n) is 3.46. The standard InChI is InChI=1S/C12H14O4/c1-8(13)6-10-4-5-11(16-9(2)14)12(7-10)15-3/h4-5,7H,6H2,1-3H3. The van der Waals surface area contributed by atoms with E-state index in [4.69, 9.17) is 9.47 Å². The summed E-state index contributed by atoms with van der Waals surface area (Å²) in [6.45, 7) is 2.84. The number of ketones is 1. The van der Waals surface area contributed by atoms with Gasteiger partial charge in [0.1, 0.15) is 5.78 Å². The fraction of sp³-hybridized carbons (Fsp3) is 0.333. The first kappa shape index (κ1) is 12.2. The molecule has 0 aliphatic carbocycles. The molecular weight excluding hydrogens is 208 g/mol. The number of Topliss-reactive ketones (excluding diaryl/α,β-unsaturated/α-hetero) is 1. The summed E-state index contributed by atoms with van der Waals surface area (Å²) < 4.78 is 10.0. The molecule has 0 aliphatic rings. The van der Waals surface area contributed by atoms with Crippen molar-refractivity contribution in [1.82, 2.24) is 0 Å². The largest absolute Gasteiger partial charge is 0.493 e. The van der Waals surface area contributed by atoms with Crippen molar-refractivity contribution in [3.63, 3.8) is 0 Å². The number of ether oxygens (including phenoxy) is 2. The molecule has 0 unspecified atom stereocenters. The molecule has 4 nitrogen and oxygen atoms in total. The van der Waals surface area contributed by atoms with E-state index in [1.54, 1.807) is 18.2 Å². The summed E-state index contributed by atoms with van der Waals surface area (Å²) in [5.41, 5.74) is 0.834. The smallest absolute Gasteiger partial charge is 0.308 e. The van der Waals surface area contributed by atoms with Crippen LogP contribution in [0.3, 0.4) is 0 Å². The third-order valence-electron chi connectivity index (χ3n) is 1.93. The van der Waals surface area contributed by atoms with Crippen LogP contribution in [0.15, 0.2) is 18.2 Å². The molecule has 0 aliphatic heterocycles. The molecule has 0 saturated carbocycles. The van der Waals surface area contributed by atoms with E-state index in [2.05, 4.69) is 0 Å². The normalized spacial score (nSPS) is 9.69. The van der Waals surface area contributed by atoms with Crippen molar-refractivity contribution in [3.05, 3.63) is 23.8 Å². The molecule has 1 aromatic carbocycles. The van der Waals surface area contributed by atoms with Gasteiger partial charge in [-0.1, -0.05) is 6.07 Å². The fourth-order valence-corrected chi connectivity index (χ4v) is 1.35. The van der Waals surface area contributed by atoms with E-state index in [-0.39, 0.29) is 5.78 Å². The highest BCUT2D eigenvalue weighted by Gasteiger charge is 2.08. The van der Waals surface area contributed by atoms with Gasteiger partial charge >= 0.3 is 5.97 Å². The van der Waals surface area contributed by atoms with Gasteiger partial charge in [0.25, 0.3) is 0 Å². The second kappa shape index (κ2) is 5.30. The molecule has 16 heavy (non-hydrogen) atoms. The van der Waals surface area contributed by atoms with Crippen molar-refractivity contribution in [1.29, 1.82) is 0 Å². The van der Waals surface area contributed by atoms with Crippen molar-refractivity contribution < 1.29 is 19.1 Å². The van der Waals surface area contributed by atoms with Crippen molar-refractivity contribution in [2.75, 3.05) is 7.11 Å². The maximum absolute atomic E-state index is 10.9. The minimum Gasteiger partial charge on any atom is -0.493 e. The number of esters is 1. The molecule has 0 amide bonds. The summed E-state index contributed by atoms with van der Waals surface area (Å²) in [5.74, 6) is 0.483. The van der Waals surface area contributed by atoms with Crippen LogP contribution >= 0.6 is 0 Å². The van der Waals surface area contributed by atoms with E-state index in [0.717, 1.165) is 5.56 Å². The van der Waals surface area contributed by atoms with Gasteiger partial charge in [0.15, 0.2) is 11.5 Å². The van der Waals surface area contributed by atoms with Gasteiger partial charge < -0.3 is 9.47 Å². The first-order valence-corrected chi connectivity index (χ1v) is 4.87. The van der Waals surface area contributed by atoms with Crippen LogP contribution in [0.1, 0.15) is 19.4 Å². The maximum atomic E-state index is 10.9. The van der Waals surface area contributed by atoms with Crippen LogP contribution in [0.4, 0.5) is 0 Å². The predicted octanol–water partition coefficient (Wildman–Crippen LogP) is 1.75. The Balaban J connectivity index is 2.96. The van der Waals surface area contributed by atoms with Crippen LogP contribution in [0, 0.1) is 0 Å². The number of rotatable bonds is 4. The molecule has 0 atom stereocenters. The molecule has 0 saturated heterocycles. The summed E-state index contributed by atoms with van der Waals surface area (Å²) in [6.07, 6.45) is 0.344. The molecule has 0 fully saturated rings. The van der Waals surface area contributed by atoms with Crippen molar-refractivity contribution in [2.45, 2.75) is 20.3 Å². The number of carbonyl (C=O) groups is 2. The van der Waals surface area contributed by atoms with Crippen LogP contribution in [0.2, 0.25) is 0 Å². The highest BCUT2D eigenvalue weighted by Crippen LogP contribution is 2.28. The number of carbonyl (C=O) groups excluding carboxylic acids is 2. The zero-order valence-corrected chi connectivity index (χ0v) is 9.57. The van der Waals surface area contributed by atoms with Gasteiger partial charge in [-0.15, -0.1) is 0 Å². The Labute approximate surface area is 94.2 Å². The Bertz CT molecular complexity index is 409. The fourth-order valence-electron chi connectivity index (χ4n) is 1.35. The molecule has 1 rings (SSSR count). The monoisotopic (exact) mass is 222 g/mol. The lowest BCUT2D eigenvalue weighted by Gasteiger charge is -2.09. The second-order valence-corrected chi connectivity index (χ2v) is 3.46. The highest BCUT2D eigenvalue weighted by atomic mass is 16.6. The Hall–Kier alpha value is -1.84. The topological polar surface area (TPSA) is 52.6 Å². The number of hydrogen-bond donors (Lipinski definition) is 0. The van der Waals surface area contributed by atoms with Crippen LogP contribution in [0.25, 0.3) is 0 Å². The third kappa shape index (κ3) is 3.38. The van der Waals surface area contributed by atoms with E-state index < -0.39 is 5.97 Å². The first-order valence-electron chi connectivity index (χ1n) is 4.87. The summed E-state index contributed by atoms with van der Waals surface area (Å²) in [6, 6.07) is 5.06. The third-order valence-corrected chi connectivity index (χ3v) is 1.93. The lowest BCUT2D eigenvalue weighted by molar-refractivity contribution is -0.132. The van der Waals surface area contributed by atoms with Crippen LogP contribution in [-0.4, -0.2) is 18.9 Å². The quantitative estimate of drug-likeness (QED) is 0.575. The zero-order valence-electron chi connectivity index (χ0n) is 9.57. The van der Waals surface area contributed by atoms with Gasteiger partial charge in [0.2, 0.25) is 0 Å². The predicted molar refractivity (Wildman–Crippen MR) is 58.7 cm³/mol. The van der Waals surface area contributed by atoms with E-state index >= 15 is 0 Å². The van der Waals surface area contributed by atoms with Gasteiger partial charge in [-0.2, -0.15) is 0 Å². The molecule has 0 bridgehead atoms. The number of hydrogen-bond acceptors (Lipinski definition) is 4. The molecule has 0 heterocycles. The highest BCUT2D eigenvalue weighted by molar-refractivity contribution is 5.78. The van der Waals surface area contributed by atoms with Crippen LogP contribution in [0.5, 0.6) is 11.5 Å². The number of benzene rings is 1. The average molecular weight is 222 g/mol. The van der Waals surface area contributed by atoms with Gasteiger partial charge in [-0.25, -0.2) is 0 Å². The molecule has 4 heteroatoms. The lowest BCUT2D eigenvalue weighted by atomic mass is 10.1. The summed E-state index contributed by atoms with van der Waals surface area (Å²) in [5, 5.41) is 0. The zero-order chi connectivity index (χ0) is 12.1. The van der Waals surface area contributed by atoms with Gasteiger partial charge in [0.05, 0.1) is 7.11 Å². The summed E-state index contributed by atoms with van der Waals surface area (Å²) >= 11 is 0. The molecule has 86 valence electrons. The Kier molecular flexibility index (Phi) is 4.05.